The van der Waals surface area contributed by atoms with Crippen LogP contribution in [-0.2, 0) is 0 Å². The van der Waals surface area contributed by atoms with E-state index < -0.39 is 0 Å². The Morgan fingerprint density at radius 1 is 1.67 bits per heavy atom. The van der Waals surface area contributed by atoms with Crippen LogP contribution in [0.5, 0.6) is 0 Å². The Bertz CT molecular complexity index is 166. The molecule has 2 nitrogen and oxygen atoms in total. The first kappa shape index (κ1) is 9.93. The van der Waals surface area contributed by atoms with Gasteiger partial charge < -0.3 is 10.6 Å². The second-order valence-corrected chi connectivity index (χ2v) is 4.43. The Balaban J connectivity index is 2.19. The summed E-state index contributed by atoms with van der Waals surface area (Å²) in [6.07, 6.45) is 3.66. The molecule has 1 rings (SSSR count). The molecule has 3 heteroatoms. The molecule has 0 heterocycles. The summed E-state index contributed by atoms with van der Waals surface area (Å²) in [4.78, 5) is 2.99. The maximum absolute atomic E-state index is 5.48. The third-order valence-corrected chi connectivity index (χ3v) is 2.66. The van der Waals surface area contributed by atoms with Crippen molar-refractivity contribution in [3.05, 3.63) is 0 Å². The second-order valence-electron chi connectivity index (χ2n) is 3.90. The molecule has 0 spiro atoms. The van der Waals surface area contributed by atoms with Gasteiger partial charge in [0.1, 0.15) is 0 Å². The fourth-order valence-corrected chi connectivity index (χ4v) is 1.58. The van der Waals surface area contributed by atoms with Crippen LogP contribution in [0.2, 0.25) is 0 Å². The van der Waals surface area contributed by atoms with E-state index >= 15 is 0 Å². The lowest BCUT2D eigenvalue weighted by Crippen LogP contribution is -2.33. The molecule has 0 aliphatic heterocycles. The molecular formula is C9H18N2S. The minimum atomic E-state index is 0.503. The molecule has 1 unspecified atom stereocenters. The molecular weight excluding hydrogens is 168 g/mol. The van der Waals surface area contributed by atoms with Gasteiger partial charge in [-0.3, -0.25) is 0 Å². The van der Waals surface area contributed by atoms with Gasteiger partial charge in [-0.1, -0.05) is 12.2 Å². The minimum absolute atomic E-state index is 0.503. The summed E-state index contributed by atoms with van der Waals surface area (Å²) in [5, 5.41) is 0. The van der Waals surface area contributed by atoms with Crippen LogP contribution in [-0.4, -0.2) is 29.5 Å². The van der Waals surface area contributed by atoms with Gasteiger partial charge in [0.2, 0.25) is 0 Å². The number of thiocarbonyl (C=S) groups is 1. The summed E-state index contributed by atoms with van der Waals surface area (Å²) < 4.78 is 0. The van der Waals surface area contributed by atoms with Crippen molar-refractivity contribution < 1.29 is 0 Å². The Kier molecular flexibility index (Phi) is 3.47. The van der Waals surface area contributed by atoms with Crippen LogP contribution in [0.3, 0.4) is 0 Å². The summed E-state index contributed by atoms with van der Waals surface area (Å²) in [6, 6.07) is 0.503. The van der Waals surface area contributed by atoms with Crippen molar-refractivity contribution in [2.24, 2.45) is 11.7 Å². The first-order chi connectivity index (χ1) is 5.59. The third kappa shape index (κ3) is 3.50. The van der Waals surface area contributed by atoms with Gasteiger partial charge in [-0.25, -0.2) is 0 Å². The lowest BCUT2D eigenvalue weighted by atomic mass is 10.2. The quantitative estimate of drug-likeness (QED) is 0.658. The number of hydrogen-bond donors (Lipinski definition) is 1. The van der Waals surface area contributed by atoms with Gasteiger partial charge in [-0.05, 0) is 32.7 Å². The zero-order valence-corrected chi connectivity index (χ0v) is 8.73. The van der Waals surface area contributed by atoms with E-state index in [2.05, 4.69) is 18.9 Å². The van der Waals surface area contributed by atoms with Gasteiger partial charge in [-0.15, -0.1) is 0 Å². The Labute approximate surface area is 80.1 Å². The largest absolute Gasteiger partial charge is 0.393 e. The van der Waals surface area contributed by atoms with E-state index in [-0.39, 0.29) is 0 Å². The van der Waals surface area contributed by atoms with E-state index in [0.717, 1.165) is 12.3 Å². The van der Waals surface area contributed by atoms with Crippen LogP contribution in [0.25, 0.3) is 0 Å². The highest BCUT2D eigenvalue weighted by Crippen LogP contribution is 2.29. The number of hydrogen-bond acceptors (Lipinski definition) is 2. The van der Waals surface area contributed by atoms with E-state index in [4.69, 9.17) is 18.0 Å². The summed E-state index contributed by atoms with van der Waals surface area (Å²) in [7, 11) is 2.15. The van der Waals surface area contributed by atoms with Crippen LogP contribution in [0.1, 0.15) is 26.2 Å². The molecule has 0 aromatic carbocycles. The molecule has 12 heavy (non-hydrogen) atoms. The van der Waals surface area contributed by atoms with E-state index in [1.165, 1.54) is 19.4 Å². The van der Waals surface area contributed by atoms with Crippen LogP contribution in [0.4, 0.5) is 0 Å². The first-order valence-electron chi connectivity index (χ1n) is 4.58. The molecule has 1 aliphatic carbocycles. The van der Waals surface area contributed by atoms with E-state index in [1.807, 2.05) is 0 Å². The molecule has 1 fully saturated rings. The number of nitrogens with two attached hydrogens (primary N) is 1. The fourth-order valence-electron chi connectivity index (χ4n) is 1.33. The molecule has 0 amide bonds. The van der Waals surface area contributed by atoms with Gasteiger partial charge >= 0.3 is 0 Å². The topological polar surface area (TPSA) is 29.3 Å². The molecule has 2 N–H and O–H groups in total. The Hall–Kier alpha value is -0.150. The molecule has 1 atom stereocenters. The SMILES string of the molecule is CC(CC(N)=S)N(C)CC1CC1. The van der Waals surface area contributed by atoms with Gasteiger partial charge in [0.15, 0.2) is 0 Å². The highest BCUT2D eigenvalue weighted by molar-refractivity contribution is 7.80. The van der Waals surface area contributed by atoms with Crippen LogP contribution in [0, 0.1) is 5.92 Å². The van der Waals surface area contributed by atoms with Gasteiger partial charge in [0.25, 0.3) is 0 Å². The highest BCUT2D eigenvalue weighted by atomic mass is 32.1. The average Bonchev–Trinajstić information content (AvgIpc) is 2.70. The van der Waals surface area contributed by atoms with E-state index in [1.54, 1.807) is 0 Å². The van der Waals surface area contributed by atoms with Gasteiger partial charge in [0.05, 0.1) is 4.99 Å². The molecule has 0 radical (unpaired) electrons. The summed E-state index contributed by atoms with van der Waals surface area (Å²) in [6.45, 7) is 3.39. The highest BCUT2D eigenvalue weighted by Gasteiger charge is 2.24. The first-order valence-corrected chi connectivity index (χ1v) is 4.99. The molecule has 1 saturated carbocycles. The number of rotatable bonds is 5. The number of nitrogens with zero attached hydrogens (tertiary/aromatic N) is 1. The molecule has 1 aliphatic rings. The average molecular weight is 186 g/mol. The maximum atomic E-state index is 5.48. The smallest absolute Gasteiger partial charge is 0.0742 e. The lowest BCUT2D eigenvalue weighted by molar-refractivity contribution is 0.253. The molecule has 0 aromatic heterocycles. The second kappa shape index (κ2) is 4.19. The summed E-state index contributed by atoms with van der Waals surface area (Å²) in [5.41, 5.74) is 5.48. The van der Waals surface area contributed by atoms with E-state index in [9.17, 15) is 0 Å². The molecule has 70 valence electrons. The molecule has 0 saturated heterocycles. The van der Waals surface area contributed by atoms with Crippen molar-refractivity contribution >= 4 is 17.2 Å². The predicted octanol–water partition coefficient (Wildman–Crippen LogP) is 1.39. The normalized spacial score (nSPS) is 19.6. The third-order valence-electron chi connectivity index (χ3n) is 2.49. The zero-order valence-electron chi connectivity index (χ0n) is 7.92. The fraction of sp³-hybridized carbons (Fsp3) is 0.889. The van der Waals surface area contributed by atoms with E-state index in [0.29, 0.717) is 11.0 Å². The summed E-state index contributed by atoms with van der Waals surface area (Å²) >= 11 is 4.87. The molecule has 0 bridgehead atoms. The minimum Gasteiger partial charge on any atom is -0.393 e. The van der Waals surface area contributed by atoms with Crippen LogP contribution >= 0.6 is 12.2 Å². The van der Waals surface area contributed by atoms with Gasteiger partial charge in [0, 0.05) is 19.0 Å². The Morgan fingerprint density at radius 2 is 2.25 bits per heavy atom. The van der Waals surface area contributed by atoms with Gasteiger partial charge in [-0.2, -0.15) is 0 Å². The maximum Gasteiger partial charge on any atom is 0.0742 e. The van der Waals surface area contributed by atoms with Crippen molar-refractivity contribution in [1.29, 1.82) is 0 Å². The Morgan fingerprint density at radius 3 is 2.67 bits per heavy atom. The summed E-state index contributed by atoms with van der Waals surface area (Å²) in [5.74, 6) is 0.948. The lowest BCUT2D eigenvalue weighted by Gasteiger charge is -2.23. The van der Waals surface area contributed by atoms with Crippen LogP contribution in [0.15, 0.2) is 0 Å². The van der Waals surface area contributed by atoms with Crippen molar-refractivity contribution in [3.63, 3.8) is 0 Å². The van der Waals surface area contributed by atoms with Crippen LogP contribution < -0.4 is 5.73 Å². The van der Waals surface area contributed by atoms with Crippen molar-refractivity contribution in [3.8, 4) is 0 Å². The van der Waals surface area contributed by atoms with Crippen molar-refractivity contribution in [1.82, 2.24) is 4.90 Å². The monoisotopic (exact) mass is 186 g/mol. The zero-order chi connectivity index (χ0) is 9.14. The predicted molar refractivity (Wildman–Crippen MR) is 56.2 cm³/mol. The van der Waals surface area contributed by atoms with Crippen molar-refractivity contribution in [2.75, 3.05) is 13.6 Å². The van der Waals surface area contributed by atoms with Crippen molar-refractivity contribution in [2.45, 2.75) is 32.2 Å². The molecule has 0 aromatic rings. The standard InChI is InChI=1S/C9H18N2S/c1-7(5-9(10)12)11(2)6-8-3-4-8/h7-8H,3-6H2,1-2H3,(H2,10,12).